The van der Waals surface area contributed by atoms with Crippen molar-refractivity contribution >= 4 is 40.6 Å². The van der Waals surface area contributed by atoms with Crippen LogP contribution in [0.4, 0.5) is 0 Å². The Kier molecular flexibility index (Phi) is 10.3. The van der Waals surface area contributed by atoms with Gasteiger partial charge < -0.3 is 19.5 Å². The predicted octanol–water partition coefficient (Wildman–Crippen LogP) is 6.37. The quantitative estimate of drug-likeness (QED) is 0.150. The van der Waals surface area contributed by atoms with Gasteiger partial charge in [0.15, 0.2) is 22.5 Å². The van der Waals surface area contributed by atoms with Crippen molar-refractivity contribution in [3.05, 3.63) is 111 Å². The van der Waals surface area contributed by atoms with Crippen LogP contribution >= 0.6 is 23.1 Å². The van der Waals surface area contributed by atoms with Gasteiger partial charge in [0.2, 0.25) is 0 Å². The fourth-order valence-electron chi connectivity index (χ4n) is 5.67. The Morgan fingerprint density at radius 2 is 1.73 bits per heavy atom. The molecule has 1 N–H and O–H groups in total. The van der Waals surface area contributed by atoms with Crippen LogP contribution < -0.4 is 19.5 Å². The molecule has 0 unspecified atom stereocenters. The summed E-state index contributed by atoms with van der Waals surface area (Å²) in [5.74, 6) is 1.94. The van der Waals surface area contributed by atoms with Crippen LogP contribution in [0.15, 0.2) is 88.4 Å². The van der Waals surface area contributed by atoms with Crippen molar-refractivity contribution in [2.45, 2.75) is 38.0 Å². The average molecular weight is 697 g/mol. The van der Waals surface area contributed by atoms with Crippen molar-refractivity contribution in [2.24, 2.45) is 5.10 Å². The second-order valence-corrected chi connectivity index (χ2v) is 13.1. The molecule has 5 aromatic rings. The van der Waals surface area contributed by atoms with Crippen molar-refractivity contribution < 1.29 is 23.8 Å². The summed E-state index contributed by atoms with van der Waals surface area (Å²) >= 11 is 2.85. The maximum absolute atomic E-state index is 14.1. The van der Waals surface area contributed by atoms with E-state index in [9.17, 15) is 9.59 Å². The molecule has 252 valence electrons. The molecule has 0 spiro atoms. The van der Waals surface area contributed by atoms with E-state index in [1.54, 1.807) is 61.9 Å². The summed E-state index contributed by atoms with van der Waals surface area (Å²) in [6.45, 7) is 4.19. The molecule has 2 amide bonds. The summed E-state index contributed by atoms with van der Waals surface area (Å²) in [6.07, 6.45) is 0.525. The highest BCUT2D eigenvalue weighted by molar-refractivity contribution is 7.99. The number of para-hydroxylation sites is 1. The number of carbonyl (C=O) groups excluding carboxylic acids is 2. The lowest BCUT2D eigenvalue weighted by Crippen LogP contribution is -2.29. The van der Waals surface area contributed by atoms with E-state index in [0.717, 1.165) is 33.0 Å². The van der Waals surface area contributed by atoms with E-state index in [4.69, 9.17) is 19.3 Å². The monoisotopic (exact) mass is 696 g/mol. The van der Waals surface area contributed by atoms with E-state index >= 15 is 0 Å². The molecular formula is C36H36N6O5S2. The summed E-state index contributed by atoms with van der Waals surface area (Å²) in [4.78, 5) is 28.1. The van der Waals surface area contributed by atoms with E-state index in [2.05, 4.69) is 15.5 Å². The van der Waals surface area contributed by atoms with Gasteiger partial charge in [0.1, 0.15) is 5.75 Å². The topological polar surface area (TPSA) is 120 Å². The highest BCUT2D eigenvalue weighted by atomic mass is 32.2. The zero-order chi connectivity index (χ0) is 34.5. The van der Waals surface area contributed by atoms with Gasteiger partial charge in [-0.1, -0.05) is 42.1 Å². The number of aryl methyl sites for hydroxylation is 1. The number of nitrogens with zero attached hydrogens (tertiary/aromatic N) is 5. The van der Waals surface area contributed by atoms with Crippen LogP contribution in [-0.2, 0) is 11.3 Å². The molecule has 2 aromatic heterocycles. The molecule has 1 aliphatic rings. The maximum Gasteiger partial charge on any atom is 0.253 e. The van der Waals surface area contributed by atoms with Gasteiger partial charge in [-0.15, -0.1) is 21.5 Å². The van der Waals surface area contributed by atoms with Crippen molar-refractivity contribution in [1.29, 1.82) is 0 Å². The van der Waals surface area contributed by atoms with Gasteiger partial charge in [0.25, 0.3) is 11.8 Å². The molecule has 1 atom stereocenters. The largest absolute Gasteiger partial charge is 0.497 e. The first-order chi connectivity index (χ1) is 23.8. The van der Waals surface area contributed by atoms with Crippen LogP contribution in [0.2, 0.25) is 0 Å². The number of hydrazone groups is 1. The highest BCUT2D eigenvalue weighted by Crippen LogP contribution is 2.42. The van der Waals surface area contributed by atoms with Gasteiger partial charge in [0, 0.05) is 17.5 Å². The molecule has 13 heteroatoms. The third kappa shape index (κ3) is 7.03. The Morgan fingerprint density at radius 1 is 0.939 bits per heavy atom. The maximum atomic E-state index is 14.1. The summed E-state index contributed by atoms with van der Waals surface area (Å²) in [6, 6.07) is 22.1. The normalized spacial score (nSPS) is 14.0. The molecule has 49 heavy (non-hydrogen) atoms. The van der Waals surface area contributed by atoms with Crippen LogP contribution in [-0.4, -0.2) is 64.4 Å². The number of amides is 2. The van der Waals surface area contributed by atoms with Crippen molar-refractivity contribution in [3.8, 4) is 22.9 Å². The zero-order valence-corrected chi connectivity index (χ0v) is 29.4. The Morgan fingerprint density at radius 3 is 2.45 bits per heavy atom. The first kappa shape index (κ1) is 33.7. The second-order valence-electron chi connectivity index (χ2n) is 11.2. The van der Waals surface area contributed by atoms with Gasteiger partial charge >= 0.3 is 0 Å². The molecule has 6 rings (SSSR count). The minimum atomic E-state index is -0.393. The molecule has 0 radical (unpaired) electrons. The Balaban J connectivity index is 1.28. The number of thioether (sulfide) groups is 1. The average Bonchev–Trinajstić information content (AvgIpc) is 3.91. The van der Waals surface area contributed by atoms with Gasteiger partial charge in [-0.25, -0.2) is 5.01 Å². The van der Waals surface area contributed by atoms with Gasteiger partial charge in [0.05, 0.1) is 55.9 Å². The van der Waals surface area contributed by atoms with Crippen LogP contribution in [0.25, 0.3) is 5.69 Å². The molecule has 0 saturated carbocycles. The number of nitrogens with one attached hydrogen (secondary N) is 1. The highest BCUT2D eigenvalue weighted by Gasteiger charge is 2.36. The second kappa shape index (κ2) is 15.0. The molecule has 11 nitrogen and oxygen atoms in total. The summed E-state index contributed by atoms with van der Waals surface area (Å²) in [7, 11) is 4.76. The van der Waals surface area contributed by atoms with E-state index < -0.39 is 6.04 Å². The fourth-order valence-corrected chi connectivity index (χ4v) is 7.21. The number of rotatable bonds is 12. The van der Waals surface area contributed by atoms with E-state index in [1.807, 2.05) is 72.3 Å². The summed E-state index contributed by atoms with van der Waals surface area (Å²) in [5.41, 5.74) is 5.13. The van der Waals surface area contributed by atoms with Crippen molar-refractivity contribution in [2.75, 3.05) is 27.1 Å². The molecule has 0 saturated heterocycles. The minimum Gasteiger partial charge on any atom is -0.497 e. The third-order valence-corrected chi connectivity index (χ3v) is 10.2. The molecule has 0 bridgehead atoms. The minimum absolute atomic E-state index is 0.0468. The molecule has 1 aliphatic heterocycles. The van der Waals surface area contributed by atoms with Gasteiger partial charge in [-0.2, -0.15) is 5.10 Å². The van der Waals surface area contributed by atoms with Crippen LogP contribution in [0.5, 0.6) is 17.2 Å². The van der Waals surface area contributed by atoms with Crippen molar-refractivity contribution in [1.82, 2.24) is 25.1 Å². The van der Waals surface area contributed by atoms with Crippen LogP contribution in [0.1, 0.15) is 50.2 Å². The lowest BCUT2D eigenvalue weighted by atomic mass is 9.99. The molecule has 0 fully saturated rings. The first-order valence-corrected chi connectivity index (χ1v) is 17.4. The van der Waals surface area contributed by atoms with Crippen LogP contribution in [0, 0.1) is 13.8 Å². The smallest absolute Gasteiger partial charge is 0.253 e. The fraction of sp³-hybridized carbons (Fsp3) is 0.250. The lowest BCUT2D eigenvalue weighted by molar-refractivity contribution is -0.130. The molecule has 3 aromatic carbocycles. The van der Waals surface area contributed by atoms with E-state index in [0.29, 0.717) is 40.2 Å². The molecule has 3 heterocycles. The van der Waals surface area contributed by atoms with Gasteiger partial charge in [-0.3, -0.25) is 14.2 Å². The predicted molar refractivity (Wildman–Crippen MR) is 190 cm³/mol. The SMILES string of the molecule is COc1ccc(C(=O)NCc2nnc(SCC(=O)N3N=C(c4cccs4)C[C@H]3c3cccc(OC)c3OC)n2-c2cccc(C)c2C)cc1. The number of benzene rings is 3. The van der Waals surface area contributed by atoms with Crippen molar-refractivity contribution in [3.63, 3.8) is 0 Å². The number of hydrogen-bond acceptors (Lipinski definition) is 10. The Labute approximate surface area is 292 Å². The van der Waals surface area contributed by atoms with E-state index in [-0.39, 0.29) is 24.1 Å². The molecule has 0 aliphatic carbocycles. The number of carbonyl (C=O) groups is 2. The number of thiophene rings is 1. The van der Waals surface area contributed by atoms with E-state index in [1.165, 1.54) is 11.8 Å². The number of hydrogen-bond donors (Lipinski definition) is 1. The number of aromatic nitrogens is 3. The Bertz CT molecular complexity index is 1990. The standard InChI is InChI=1S/C36H36N6O5S2/c1-22-9-6-11-28(23(22)2)41-32(20-37-35(44)24-14-16-25(45-3)17-15-24)38-39-36(41)49-21-33(43)42-29(19-27(40-42)31-13-8-18-48-31)26-10-7-12-30(46-4)34(26)47-5/h6-18,29H,19-21H2,1-5H3,(H,37,44)/t29-/m0/s1. The summed E-state index contributed by atoms with van der Waals surface area (Å²) < 4.78 is 18.4. The lowest BCUT2D eigenvalue weighted by Gasteiger charge is -2.24. The third-order valence-electron chi connectivity index (χ3n) is 8.37. The molecular weight excluding hydrogens is 661 g/mol. The van der Waals surface area contributed by atoms with Gasteiger partial charge in [-0.05, 0) is 72.8 Å². The first-order valence-electron chi connectivity index (χ1n) is 15.5. The summed E-state index contributed by atoms with van der Waals surface area (Å²) in [5, 5.41) is 20.8. The Hall–Kier alpha value is -5.14. The zero-order valence-electron chi connectivity index (χ0n) is 27.8. The van der Waals surface area contributed by atoms with Crippen LogP contribution in [0.3, 0.4) is 0 Å². The number of methoxy groups -OCH3 is 3. The number of ether oxygens (including phenoxy) is 3.